The third kappa shape index (κ3) is 3.64. The highest BCUT2D eigenvalue weighted by molar-refractivity contribution is 6.30. The molecule has 5 rings (SSSR count). The molecule has 0 fully saturated rings. The van der Waals surface area contributed by atoms with E-state index in [1.165, 1.54) is 4.90 Å². The van der Waals surface area contributed by atoms with Crippen LogP contribution in [0.4, 0.5) is 0 Å². The number of aromatic nitrogens is 2. The summed E-state index contributed by atoms with van der Waals surface area (Å²) in [5.41, 5.74) is 7.21. The zero-order chi connectivity index (χ0) is 24.1. The summed E-state index contributed by atoms with van der Waals surface area (Å²) < 4.78 is 11.7. The third-order valence-corrected chi connectivity index (χ3v) is 6.55. The minimum atomic E-state index is -1.21. The number of nitrogens with two attached hydrogens (primary N) is 1. The van der Waals surface area contributed by atoms with Gasteiger partial charge < -0.3 is 15.2 Å². The number of hydrogen-bond acceptors (Lipinski definition) is 7. The van der Waals surface area contributed by atoms with Crippen molar-refractivity contribution in [3.05, 3.63) is 71.1 Å². The average Bonchev–Trinajstić information content (AvgIpc) is 3.02. The van der Waals surface area contributed by atoms with Gasteiger partial charge in [0.05, 0.1) is 24.0 Å². The predicted octanol–water partition coefficient (Wildman–Crippen LogP) is 3.57. The first-order valence-corrected chi connectivity index (χ1v) is 11.2. The molecule has 3 aromatic rings. The van der Waals surface area contributed by atoms with Gasteiger partial charge >= 0.3 is 0 Å². The highest BCUT2D eigenvalue weighted by Crippen LogP contribution is 2.50. The first-order valence-electron chi connectivity index (χ1n) is 10.8. The molecule has 2 aromatic heterocycles. The van der Waals surface area contributed by atoms with Crippen LogP contribution in [0, 0.1) is 0 Å². The van der Waals surface area contributed by atoms with Gasteiger partial charge in [0.1, 0.15) is 17.1 Å². The minimum absolute atomic E-state index is 0.174. The van der Waals surface area contributed by atoms with Gasteiger partial charge in [-0.1, -0.05) is 23.7 Å². The van der Waals surface area contributed by atoms with Crippen molar-refractivity contribution in [2.45, 2.75) is 30.9 Å². The molecule has 2 aliphatic rings. The summed E-state index contributed by atoms with van der Waals surface area (Å²) in [5.74, 6) is 1.25. The van der Waals surface area contributed by atoms with Crippen molar-refractivity contribution in [1.29, 1.82) is 0 Å². The van der Waals surface area contributed by atoms with E-state index in [0.29, 0.717) is 34.9 Å². The number of amides is 1. The normalized spacial score (nSPS) is 23.5. The molecule has 0 saturated carbocycles. The molecule has 1 aromatic carbocycles. The summed E-state index contributed by atoms with van der Waals surface area (Å²) in [6.45, 7) is 1.98. The lowest BCUT2D eigenvalue weighted by atomic mass is 9.75. The SMILES string of the molecule is COc1ccc(C[C@]2(C)CC3(N=C(N)N(C)C3=O)c3cc(-c4cncc(Cl)c4)ncc3O2)cc1. The maximum atomic E-state index is 13.6. The molecular formula is C25H24ClN5O3. The summed E-state index contributed by atoms with van der Waals surface area (Å²) in [5, 5.41) is 0.494. The fourth-order valence-electron chi connectivity index (χ4n) is 4.76. The van der Waals surface area contributed by atoms with Crippen molar-refractivity contribution in [3.8, 4) is 22.8 Å². The first kappa shape index (κ1) is 22.2. The lowest BCUT2D eigenvalue weighted by Crippen LogP contribution is -2.51. The number of fused-ring (bicyclic) bond motifs is 2. The summed E-state index contributed by atoms with van der Waals surface area (Å²) in [7, 11) is 3.27. The summed E-state index contributed by atoms with van der Waals surface area (Å²) in [6.07, 6.45) is 5.74. The lowest BCUT2D eigenvalue weighted by molar-refractivity contribution is -0.133. The minimum Gasteiger partial charge on any atom is -0.497 e. The lowest BCUT2D eigenvalue weighted by Gasteiger charge is -2.43. The highest BCUT2D eigenvalue weighted by Gasteiger charge is 2.56. The second-order valence-electron chi connectivity index (χ2n) is 8.91. The van der Waals surface area contributed by atoms with Crippen LogP contribution in [-0.4, -0.2) is 46.5 Å². The van der Waals surface area contributed by atoms with E-state index >= 15 is 0 Å². The fourth-order valence-corrected chi connectivity index (χ4v) is 4.93. The monoisotopic (exact) mass is 477 g/mol. The molecule has 174 valence electrons. The third-order valence-electron chi connectivity index (χ3n) is 6.34. The van der Waals surface area contributed by atoms with E-state index in [2.05, 4.69) is 9.97 Å². The van der Waals surface area contributed by atoms with Crippen molar-refractivity contribution in [2.75, 3.05) is 14.2 Å². The van der Waals surface area contributed by atoms with Crippen LogP contribution in [0.2, 0.25) is 5.02 Å². The van der Waals surface area contributed by atoms with E-state index in [4.69, 9.17) is 31.8 Å². The molecule has 34 heavy (non-hydrogen) atoms. The number of pyridine rings is 2. The second kappa shape index (κ2) is 7.99. The van der Waals surface area contributed by atoms with Crippen LogP contribution < -0.4 is 15.2 Å². The molecule has 4 heterocycles. The smallest absolute Gasteiger partial charge is 0.261 e. The van der Waals surface area contributed by atoms with E-state index < -0.39 is 11.1 Å². The molecular weight excluding hydrogens is 454 g/mol. The number of benzene rings is 1. The Morgan fingerprint density at radius 3 is 2.62 bits per heavy atom. The number of guanidine groups is 1. The molecule has 1 spiro atoms. The van der Waals surface area contributed by atoms with Crippen LogP contribution in [0.3, 0.4) is 0 Å². The van der Waals surface area contributed by atoms with E-state index in [1.807, 2.05) is 37.3 Å². The van der Waals surface area contributed by atoms with Crippen LogP contribution in [-0.2, 0) is 16.8 Å². The Bertz CT molecular complexity index is 1310. The molecule has 0 radical (unpaired) electrons. The fraction of sp³-hybridized carbons (Fsp3) is 0.280. The van der Waals surface area contributed by atoms with Gasteiger partial charge in [0.15, 0.2) is 11.5 Å². The Hall–Kier alpha value is -3.65. The first-order chi connectivity index (χ1) is 16.2. The Balaban J connectivity index is 1.60. The van der Waals surface area contributed by atoms with E-state index in [9.17, 15) is 4.79 Å². The Morgan fingerprint density at radius 2 is 1.97 bits per heavy atom. The van der Waals surface area contributed by atoms with Crippen LogP contribution in [0.25, 0.3) is 11.3 Å². The number of halogens is 1. The van der Waals surface area contributed by atoms with Gasteiger partial charge in [-0.15, -0.1) is 0 Å². The molecule has 0 saturated heterocycles. The van der Waals surface area contributed by atoms with Gasteiger partial charge in [-0.3, -0.25) is 19.7 Å². The van der Waals surface area contributed by atoms with Crippen molar-refractivity contribution in [3.63, 3.8) is 0 Å². The molecule has 9 heteroatoms. The van der Waals surface area contributed by atoms with Gasteiger partial charge in [0.25, 0.3) is 5.91 Å². The molecule has 2 aliphatic heterocycles. The number of carbonyl (C=O) groups is 1. The number of rotatable bonds is 4. The number of aliphatic imine (C=N–C) groups is 1. The van der Waals surface area contributed by atoms with Crippen LogP contribution >= 0.6 is 11.6 Å². The second-order valence-corrected chi connectivity index (χ2v) is 9.34. The molecule has 0 bridgehead atoms. The topological polar surface area (TPSA) is 103 Å². The Kier molecular flexibility index (Phi) is 5.20. The van der Waals surface area contributed by atoms with Crippen molar-refractivity contribution < 1.29 is 14.3 Å². The maximum Gasteiger partial charge on any atom is 0.261 e. The number of nitrogens with zero attached hydrogens (tertiary/aromatic N) is 4. The van der Waals surface area contributed by atoms with Crippen molar-refractivity contribution >= 4 is 23.5 Å². The van der Waals surface area contributed by atoms with Crippen LogP contribution in [0.1, 0.15) is 24.5 Å². The zero-order valence-corrected chi connectivity index (χ0v) is 19.8. The van der Waals surface area contributed by atoms with E-state index in [0.717, 1.165) is 16.9 Å². The molecule has 1 amide bonds. The maximum absolute atomic E-state index is 13.6. The standard InChI is InChI=1S/C25H24ClN5O3/c1-24(10-15-4-6-18(33-3)7-5-15)14-25(22(32)31(2)23(27)30-25)19-9-20(29-13-21(19)34-24)16-8-17(26)12-28-11-16/h4-9,11-13H,10,14H2,1-3H3,(H2,27,30)/t24-,25?/m1/s1. The zero-order valence-electron chi connectivity index (χ0n) is 19.1. The van der Waals surface area contributed by atoms with Gasteiger partial charge in [-0.25, -0.2) is 4.99 Å². The quantitative estimate of drug-likeness (QED) is 0.616. The van der Waals surface area contributed by atoms with Gasteiger partial charge in [0.2, 0.25) is 0 Å². The number of carbonyl (C=O) groups excluding carboxylic acids is 1. The summed E-state index contributed by atoms with van der Waals surface area (Å²) in [4.78, 5) is 28.4. The van der Waals surface area contributed by atoms with Crippen LogP contribution in [0.15, 0.2) is 60.0 Å². The largest absolute Gasteiger partial charge is 0.497 e. The number of methoxy groups -OCH3 is 1. The summed E-state index contributed by atoms with van der Waals surface area (Å²) in [6, 6.07) is 11.4. The van der Waals surface area contributed by atoms with Gasteiger partial charge in [-0.2, -0.15) is 0 Å². The van der Waals surface area contributed by atoms with Gasteiger partial charge in [-0.05, 0) is 36.8 Å². The van der Waals surface area contributed by atoms with Crippen molar-refractivity contribution in [1.82, 2.24) is 14.9 Å². The molecule has 0 aliphatic carbocycles. The highest BCUT2D eigenvalue weighted by atomic mass is 35.5. The van der Waals surface area contributed by atoms with Gasteiger partial charge in [0, 0.05) is 43.4 Å². The summed E-state index contributed by atoms with van der Waals surface area (Å²) >= 11 is 6.13. The van der Waals surface area contributed by atoms with Crippen molar-refractivity contribution in [2.24, 2.45) is 10.7 Å². The molecule has 8 nitrogen and oxygen atoms in total. The Labute approximate surface area is 202 Å². The Morgan fingerprint density at radius 1 is 1.21 bits per heavy atom. The van der Waals surface area contributed by atoms with E-state index in [1.54, 1.807) is 38.8 Å². The number of likely N-dealkylation sites (N-methyl/N-ethyl adjacent to an activating group) is 1. The molecule has 1 unspecified atom stereocenters. The molecule has 2 atom stereocenters. The molecule has 2 N–H and O–H groups in total. The van der Waals surface area contributed by atoms with Crippen LogP contribution in [0.5, 0.6) is 11.5 Å². The average molecular weight is 478 g/mol. The predicted molar refractivity (Wildman–Crippen MR) is 129 cm³/mol. The number of ether oxygens (including phenoxy) is 2. The number of hydrogen-bond donors (Lipinski definition) is 1. The van der Waals surface area contributed by atoms with E-state index in [-0.39, 0.29) is 11.9 Å².